The van der Waals surface area contributed by atoms with Crippen molar-refractivity contribution in [3.8, 4) is 0 Å². The van der Waals surface area contributed by atoms with E-state index in [4.69, 9.17) is 14.2 Å². The molecule has 0 aliphatic carbocycles. The molecule has 0 saturated carbocycles. The van der Waals surface area contributed by atoms with Crippen LogP contribution < -0.4 is 0 Å². The Bertz CT molecular complexity index is 732. The van der Waals surface area contributed by atoms with E-state index in [-0.39, 0.29) is 18.2 Å². The maximum absolute atomic E-state index is 11.1. The van der Waals surface area contributed by atoms with Crippen molar-refractivity contribution in [2.75, 3.05) is 6.61 Å². The van der Waals surface area contributed by atoms with Crippen LogP contribution in [0, 0.1) is 10.1 Å². The molecule has 3 rings (SSSR count). The molecule has 2 aromatic rings. The Hall–Kier alpha value is -2.70. The summed E-state index contributed by atoms with van der Waals surface area (Å²) in [6, 6.07) is 19.5. The third kappa shape index (κ3) is 5.15. The van der Waals surface area contributed by atoms with Gasteiger partial charge in [0.1, 0.15) is 12.2 Å². The lowest BCUT2D eigenvalue weighted by Crippen LogP contribution is -2.38. The molecule has 2 unspecified atom stereocenters. The monoisotopic (exact) mass is 355 g/mol. The molecular formula is C20H21NO5. The van der Waals surface area contributed by atoms with Gasteiger partial charge in [-0.15, -0.1) is 0 Å². The largest absolute Gasteiger partial charge is 0.486 e. The zero-order valence-corrected chi connectivity index (χ0v) is 14.3. The Morgan fingerprint density at radius 1 is 1.00 bits per heavy atom. The number of rotatable bonds is 8. The lowest BCUT2D eigenvalue weighted by Gasteiger charge is -2.29. The second-order valence-electron chi connectivity index (χ2n) is 6.08. The SMILES string of the molecule is O=[N+]([O-])C1=COC(COCc2ccccc2)C(OCc2ccccc2)C1. The van der Waals surface area contributed by atoms with E-state index in [0.717, 1.165) is 11.1 Å². The molecule has 0 aromatic heterocycles. The van der Waals surface area contributed by atoms with Gasteiger partial charge in [0, 0.05) is 0 Å². The second-order valence-corrected chi connectivity index (χ2v) is 6.08. The summed E-state index contributed by atoms with van der Waals surface area (Å²) in [5.41, 5.74) is 2.09. The van der Waals surface area contributed by atoms with Crippen molar-refractivity contribution in [3.05, 3.63) is 93.9 Å². The average Bonchev–Trinajstić information content (AvgIpc) is 2.68. The van der Waals surface area contributed by atoms with Crippen LogP contribution in [-0.2, 0) is 27.4 Å². The first-order valence-corrected chi connectivity index (χ1v) is 8.48. The molecule has 2 atom stereocenters. The third-order valence-corrected chi connectivity index (χ3v) is 4.14. The van der Waals surface area contributed by atoms with E-state index in [2.05, 4.69) is 0 Å². The van der Waals surface area contributed by atoms with Crippen molar-refractivity contribution in [2.24, 2.45) is 0 Å². The van der Waals surface area contributed by atoms with Crippen molar-refractivity contribution in [3.63, 3.8) is 0 Å². The van der Waals surface area contributed by atoms with Crippen LogP contribution >= 0.6 is 0 Å². The Balaban J connectivity index is 1.58. The number of nitro groups is 1. The summed E-state index contributed by atoms with van der Waals surface area (Å²) in [5.74, 6) is 0. The van der Waals surface area contributed by atoms with Gasteiger partial charge in [-0.1, -0.05) is 60.7 Å². The molecule has 0 bridgehead atoms. The maximum Gasteiger partial charge on any atom is 0.283 e. The van der Waals surface area contributed by atoms with Crippen molar-refractivity contribution in [1.82, 2.24) is 0 Å². The highest BCUT2D eigenvalue weighted by molar-refractivity contribution is 5.14. The molecule has 0 N–H and O–H groups in total. The van der Waals surface area contributed by atoms with E-state index in [1.54, 1.807) is 0 Å². The summed E-state index contributed by atoms with van der Waals surface area (Å²) in [7, 11) is 0. The molecule has 1 aliphatic rings. The lowest BCUT2D eigenvalue weighted by molar-refractivity contribution is -0.434. The van der Waals surface area contributed by atoms with Crippen LogP contribution in [0.3, 0.4) is 0 Å². The van der Waals surface area contributed by atoms with Crippen LogP contribution in [0.1, 0.15) is 17.5 Å². The van der Waals surface area contributed by atoms with Gasteiger partial charge in [-0.05, 0) is 11.1 Å². The second kappa shape index (κ2) is 9.12. The maximum atomic E-state index is 11.1. The topological polar surface area (TPSA) is 70.8 Å². The van der Waals surface area contributed by atoms with Crippen LogP contribution in [0.15, 0.2) is 72.6 Å². The third-order valence-electron chi connectivity index (χ3n) is 4.14. The van der Waals surface area contributed by atoms with Crippen molar-refractivity contribution < 1.29 is 19.1 Å². The number of nitrogens with zero attached hydrogens (tertiary/aromatic N) is 1. The molecule has 136 valence electrons. The average molecular weight is 355 g/mol. The van der Waals surface area contributed by atoms with Gasteiger partial charge < -0.3 is 14.2 Å². The summed E-state index contributed by atoms with van der Waals surface area (Å²) >= 11 is 0. The Morgan fingerprint density at radius 3 is 2.23 bits per heavy atom. The predicted molar refractivity (Wildman–Crippen MR) is 95.7 cm³/mol. The lowest BCUT2D eigenvalue weighted by atomic mass is 10.1. The quantitative estimate of drug-likeness (QED) is 0.533. The summed E-state index contributed by atoms with van der Waals surface area (Å²) < 4.78 is 17.2. The fraction of sp³-hybridized carbons (Fsp3) is 0.300. The van der Waals surface area contributed by atoms with Crippen LogP contribution in [0.25, 0.3) is 0 Å². The van der Waals surface area contributed by atoms with Gasteiger partial charge in [0.25, 0.3) is 5.70 Å². The minimum absolute atomic E-state index is 0.0161. The number of hydrogen-bond donors (Lipinski definition) is 0. The molecule has 0 spiro atoms. The van der Waals surface area contributed by atoms with Gasteiger partial charge in [0.2, 0.25) is 0 Å². The molecule has 0 amide bonds. The van der Waals surface area contributed by atoms with Gasteiger partial charge in [-0.3, -0.25) is 10.1 Å². The van der Waals surface area contributed by atoms with Gasteiger partial charge in [-0.25, -0.2) is 0 Å². The van der Waals surface area contributed by atoms with Crippen LogP contribution in [0.4, 0.5) is 0 Å². The highest BCUT2D eigenvalue weighted by Crippen LogP contribution is 2.23. The molecule has 1 heterocycles. The van der Waals surface area contributed by atoms with Gasteiger partial charge in [-0.2, -0.15) is 0 Å². The standard InChI is InChI=1S/C20H21NO5/c22-21(23)18-11-19(25-13-17-9-5-2-6-10-17)20(26-14-18)15-24-12-16-7-3-1-4-8-16/h1-10,14,19-20H,11-13,15H2. The van der Waals surface area contributed by atoms with Crippen LogP contribution in [0.2, 0.25) is 0 Å². The van der Waals surface area contributed by atoms with Crippen molar-refractivity contribution in [2.45, 2.75) is 31.8 Å². The highest BCUT2D eigenvalue weighted by Gasteiger charge is 2.33. The number of hydrogen-bond acceptors (Lipinski definition) is 5. The fourth-order valence-corrected chi connectivity index (χ4v) is 2.71. The molecule has 1 aliphatic heterocycles. The normalized spacial score (nSPS) is 19.5. The Kier molecular flexibility index (Phi) is 6.35. The Labute approximate surface area is 152 Å². The minimum Gasteiger partial charge on any atom is -0.486 e. The van der Waals surface area contributed by atoms with Gasteiger partial charge in [0.05, 0.1) is 31.2 Å². The minimum atomic E-state index is -0.434. The smallest absolute Gasteiger partial charge is 0.283 e. The van der Waals surface area contributed by atoms with E-state index in [1.165, 1.54) is 6.26 Å². The molecule has 6 heteroatoms. The Morgan fingerprint density at radius 2 is 1.62 bits per heavy atom. The fourth-order valence-electron chi connectivity index (χ4n) is 2.71. The summed E-state index contributed by atoms with van der Waals surface area (Å²) in [5, 5.41) is 11.1. The molecule has 0 saturated heterocycles. The predicted octanol–water partition coefficient (Wildman–Crippen LogP) is 3.70. The summed E-state index contributed by atoms with van der Waals surface area (Å²) in [4.78, 5) is 10.6. The summed E-state index contributed by atoms with van der Waals surface area (Å²) in [6.07, 6.45) is 0.584. The van der Waals surface area contributed by atoms with E-state index >= 15 is 0 Å². The van der Waals surface area contributed by atoms with E-state index < -0.39 is 11.0 Å². The molecule has 26 heavy (non-hydrogen) atoms. The van der Waals surface area contributed by atoms with Gasteiger partial charge in [0.15, 0.2) is 6.26 Å². The van der Waals surface area contributed by atoms with Crippen LogP contribution in [0.5, 0.6) is 0 Å². The zero-order valence-electron chi connectivity index (χ0n) is 14.3. The number of ether oxygens (including phenoxy) is 3. The molecule has 2 aromatic carbocycles. The highest BCUT2D eigenvalue weighted by atomic mass is 16.6. The molecule has 0 fully saturated rings. The molecule has 0 radical (unpaired) electrons. The zero-order chi connectivity index (χ0) is 18.2. The summed E-state index contributed by atoms with van der Waals surface area (Å²) in [6.45, 7) is 1.13. The van der Waals surface area contributed by atoms with E-state index in [0.29, 0.717) is 19.8 Å². The van der Waals surface area contributed by atoms with Gasteiger partial charge >= 0.3 is 0 Å². The first-order valence-electron chi connectivity index (χ1n) is 8.48. The van der Waals surface area contributed by atoms with Crippen molar-refractivity contribution in [1.29, 1.82) is 0 Å². The molecule has 6 nitrogen and oxygen atoms in total. The van der Waals surface area contributed by atoms with Crippen LogP contribution in [-0.4, -0.2) is 23.7 Å². The number of benzene rings is 2. The van der Waals surface area contributed by atoms with E-state index in [9.17, 15) is 10.1 Å². The molecular weight excluding hydrogens is 334 g/mol. The first kappa shape index (κ1) is 18.1. The van der Waals surface area contributed by atoms with Crippen molar-refractivity contribution >= 4 is 0 Å². The van der Waals surface area contributed by atoms with E-state index in [1.807, 2.05) is 60.7 Å². The first-order chi connectivity index (χ1) is 12.7.